The normalized spacial score (nSPS) is 22.0. The van der Waals surface area contributed by atoms with Crippen LogP contribution in [0.1, 0.15) is 47.6 Å². The number of carbonyl (C=O) groups excluding carboxylic acids is 3. The van der Waals surface area contributed by atoms with Crippen LogP contribution in [0.3, 0.4) is 0 Å². The Hall–Kier alpha value is -3.58. The van der Waals surface area contributed by atoms with Crippen molar-refractivity contribution in [3.8, 4) is 0 Å². The van der Waals surface area contributed by atoms with Crippen LogP contribution in [-0.2, 0) is 19.1 Å². The van der Waals surface area contributed by atoms with Gasteiger partial charge in [-0.15, -0.1) is 11.3 Å². The first kappa shape index (κ1) is 24.1. The number of carbonyl (C=O) groups is 3. The Bertz CT molecular complexity index is 1330. The number of hydrogen-bond donors (Lipinski definition) is 0. The highest BCUT2D eigenvalue weighted by Crippen LogP contribution is 2.50. The predicted molar refractivity (Wildman–Crippen MR) is 136 cm³/mol. The second kappa shape index (κ2) is 9.82. The van der Waals surface area contributed by atoms with Crippen molar-refractivity contribution in [3.05, 3.63) is 99.1 Å². The molecule has 3 aromatic rings. The molecule has 184 valence electrons. The molecule has 5 rings (SSSR count). The molecule has 36 heavy (non-hydrogen) atoms. The zero-order valence-corrected chi connectivity index (χ0v) is 20.9. The molecular weight excluding hydrogens is 477 g/mol. The Morgan fingerprint density at radius 1 is 1.06 bits per heavy atom. The number of esters is 1. The molecule has 0 radical (unpaired) electrons. The fraction of sp³-hybridized carbons (Fsp3) is 0.276. The first-order valence-corrected chi connectivity index (χ1v) is 12.9. The van der Waals surface area contributed by atoms with Gasteiger partial charge in [-0.05, 0) is 61.5 Å². The number of amides is 1. The number of aryl methyl sites for hydroxylation is 1. The molecule has 0 unspecified atom stereocenters. The smallest absolute Gasteiger partial charge is 0.317 e. The highest BCUT2D eigenvalue weighted by Gasteiger charge is 2.50. The van der Waals surface area contributed by atoms with Crippen molar-refractivity contribution >= 4 is 34.7 Å². The molecule has 1 aliphatic heterocycles. The Balaban J connectivity index is 1.71. The van der Waals surface area contributed by atoms with Crippen LogP contribution in [0.15, 0.2) is 77.3 Å². The van der Waals surface area contributed by atoms with E-state index < -0.39 is 29.5 Å². The van der Waals surface area contributed by atoms with Crippen molar-refractivity contribution in [3.63, 3.8) is 0 Å². The van der Waals surface area contributed by atoms with E-state index in [4.69, 9.17) is 4.74 Å². The van der Waals surface area contributed by atoms with E-state index in [9.17, 15) is 18.8 Å². The molecule has 5 nitrogen and oxygen atoms in total. The van der Waals surface area contributed by atoms with Crippen molar-refractivity contribution in [2.45, 2.75) is 38.5 Å². The summed E-state index contributed by atoms with van der Waals surface area (Å²) < 4.78 is 19.1. The number of thiophene rings is 1. The quantitative estimate of drug-likeness (QED) is 0.321. The number of hydrogen-bond acceptors (Lipinski definition) is 5. The Morgan fingerprint density at radius 2 is 1.78 bits per heavy atom. The highest BCUT2D eigenvalue weighted by molar-refractivity contribution is 7.10. The third-order valence-corrected chi connectivity index (χ3v) is 7.94. The van der Waals surface area contributed by atoms with Crippen molar-refractivity contribution in [1.29, 1.82) is 0 Å². The van der Waals surface area contributed by atoms with Gasteiger partial charge < -0.3 is 4.74 Å². The van der Waals surface area contributed by atoms with Gasteiger partial charge in [-0.2, -0.15) is 0 Å². The van der Waals surface area contributed by atoms with Gasteiger partial charge in [0.15, 0.2) is 5.78 Å². The number of nitrogens with zero attached hydrogens (tertiary/aromatic N) is 1. The van der Waals surface area contributed by atoms with Gasteiger partial charge in [0.05, 0.1) is 6.61 Å². The van der Waals surface area contributed by atoms with Crippen molar-refractivity contribution in [2.75, 3.05) is 11.5 Å². The number of anilines is 1. The third-order valence-electron chi connectivity index (χ3n) is 6.93. The number of benzene rings is 2. The van der Waals surface area contributed by atoms with Crippen LogP contribution < -0.4 is 4.90 Å². The number of rotatable bonds is 5. The summed E-state index contributed by atoms with van der Waals surface area (Å²) in [5.74, 6) is -3.42. The summed E-state index contributed by atoms with van der Waals surface area (Å²) >= 11 is 1.48. The van der Waals surface area contributed by atoms with E-state index in [1.165, 1.54) is 23.5 Å². The molecule has 1 aromatic heterocycles. The maximum absolute atomic E-state index is 14.2. The monoisotopic (exact) mass is 503 g/mol. The summed E-state index contributed by atoms with van der Waals surface area (Å²) in [5, 5.41) is 1.91. The molecule has 0 bridgehead atoms. The van der Waals surface area contributed by atoms with Gasteiger partial charge in [0.1, 0.15) is 11.7 Å². The van der Waals surface area contributed by atoms with Crippen molar-refractivity contribution in [1.82, 2.24) is 0 Å². The van der Waals surface area contributed by atoms with Crippen LogP contribution in [0.25, 0.3) is 0 Å². The standard InChI is InChI=1S/C29H26FNO4S/c1-3-35-29(34)27-22(24-5-4-14-36-24)15-23-26(28(27)33)21(18-8-10-19(30)11-9-18)16-25(32)31(23)20-12-6-17(2)7-13-20/h4-14,21-22,27H,3,15-16H2,1-2H3/t21-,22-,27+/m0/s1. The maximum atomic E-state index is 14.2. The molecule has 0 fully saturated rings. The van der Waals surface area contributed by atoms with E-state index >= 15 is 0 Å². The van der Waals surface area contributed by atoms with E-state index in [0.717, 1.165) is 10.4 Å². The number of allylic oxidation sites excluding steroid dienone is 2. The van der Waals surface area contributed by atoms with E-state index in [2.05, 4.69) is 0 Å². The van der Waals surface area contributed by atoms with E-state index in [0.29, 0.717) is 28.9 Å². The Labute approximate surface area is 213 Å². The lowest BCUT2D eigenvalue weighted by Crippen LogP contribution is -2.46. The van der Waals surface area contributed by atoms with Crippen LogP contribution in [0.4, 0.5) is 10.1 Å². The summed E-state index contributed by atoms with van der Waals surface area (Å²) in [5.41, 5.74) is 3.45. The van der Waals surface area contributed by atoms with Gasteiger partial charge in [0.2, 0.25) is 5.91 Å². The molecule has 0 spiro atoms. The molecule has 1 amide bonds. The van der Waals surface area contributed by atoms with Gasteiger partial charge in [0.25, 0.3) is 0 Å². The van der Waals surface area contributed by atoms with Crippen LogP contribution in [0, 0.1) is 18.7 Å². The maximum Gasteiger partial charge on any atom is 0.317 e. The van der Waals surface area contributed by atoms with Crippen LogP contribution in [-0.4, -0.2) is 24.3 Å². The van der Waals surface area contributed by atoms with Crippen LogP contribution in [0.5, 0.6) is 0 Å². The van der Waals surface area contributed by atoms with Crippen LogP contribution >= 0.6 is 11.3 Å². The lowest BCUT2D eigenvalue weighted by molar-refractivity contribution is -0.152. The minimum Gasteiger partial charge on any atom is -0.465 e. The summed E-state index contributed by atoms with van der Waals surface area (Å²) in [7, 11) is 0. The third kappa shape index (κ3) is 4.28. The number of Topliss-reactive ketones (excluding diaryl/α,β-unsaturated/α-hetero) is 1. The SMILES string of the molecule is CCOC(=O)[C@H]1C(=O)C2=C(C[C@H]1c1cccs1)N(c1ccc(C)cc1)C(=O)C[C@H]2c1ccc(F)cc1. The van der Waals surface area contributed by atoms with Crippen LogP contribution in [0.2, 0.25) is 0 Å². The minimum absolute atomic E-state index is 0.0449. The lowest BCUT2D eigenvalue weighted by Gasteiger charge is -2.42. The zero-order chi connectivity index (χ0) is 25.4. The lowest BCUT2D eigenvalue weighted by atomic mass is 9.69. The summed E-state index contributed by atoms with van der Waals surface area (Å²) in [6, 6.07) is 17.3. The molecule has 1 aliphatic carbocycles. The average Bonchev–Trinajstić information content (AvgIpc) is 3.40. The van der Waals surface area contributed by atoms with Crippen molar-refractivity contribution in [2.24, 2.45) is 5.92 Å². The fourth-order valence-corrected chi connectivity index (χ4v) is 6.14. The Morgan fingerprint density at radius 3 is 2.42 bits per heavy atom. The summed E-state index contributed by atoms with van der Waals surface area (Å²) in [4.78, 5) is 43.5. The molecule has 2 aliphatic rings. The van der Waals surface area contributed by atoms with Gasteiger partial charge in [-0.25, -0.2) is 4.39 Å². The molecule has 0 N–H and O–H groups in total. The zero-order valence-electron chi connectivity index (χ0n) is 20.1. The van der Waals surface area contributed by atoms with E-state index in [-0.39, 0.29) is 24.7 Å². The topological polar surface area (TPSA) is 63.7 Å². The van der Waals surface area contributed by atoms with Crippen molar-refractivity contribution < 1.29 is 23.5 Å². The summed E-state index contributed by atoms with van der Waals surface area (Å²) in [6.07, 6.45) is 0.381. The second-order valence-corrected chi connectivity index (χ2v) is 10.1. The van der Waals surface area contributed by atoms with E-state index in [1.807, 2.05) is 48.7 Å². The first-order valence-electron chi connectivity index (χ1n) is 12.0. The number of halogens is 1. The molecule has 2 heterocycles. The summed E-state index contributed by atoms with van der Waals surface area (Å²) in [6.45, 7) is 3.86. The average molecular weight is 504 g/mol. The first-order chi connectivity index (χ1) is 17.4. The number of ketones is 1. The molecule has 3 atom stereocenters. The fourth-order valence-electron chi connectivity index (χ4n) is 5.28. The number of ether oxygens (including phenoxy) is 1. The largest absolute Gasteiger partial charge is 0.465 e. The molecule has 0 saturated carbocycles. The van der Waals surface area contributed by atoms with Gasteiger partial charge in [0, 0.05) is 40.1 Å². The second-order valence-electron chi connectivity index (χ2n) is 9.15. The highest BCUT2D eigenvalue weighted by atomic mass is 32.1. The van der Waals surface area contributed by atoms with E-state index in [1.54, 1.807) is 24.0 Å². The predicted octanol–water partition coefficient (Wildman–Crippen LogP) is 5.91. The molecule has 7 heteroatoms. The van der Waals surface area contributed by atoms with Gasteiger partial charge in [-0.1, -0.05) is 35.9 Å². The Kier molecular flexibility index (Phi) is 6.58. The minimum atomic E-state index is -1.00. The van der Waals surface area contributed by atoms with Gasteiger partial charge >= 0.3 is 5.97 Å². The molecule has 2 aromatic carbocycles. The molecule has 0 saturated heterocycles. The van der Waals surface area contributed by atoms with Gasteiger partial charge in [-0.3, -0.25) is 19.3 Å². The molecular formula is C29H26FNO4S.